The highest BCUT2D eigenvalue weighted by molar-refractivity contribution is 14.1. The zero-order chi connectivity index (χ0) is 11.4. The molecule has 0 aromatic carbocycles. The standard InChI is InChI=1S/C14H25IO/c1-2-12-6-5-7-13(10-12)16-14(11-15)8-3-4-9-14/h12-13H,2-11H2,1H3. The highest BCUT2D eigenvalue weighted by Gasteiger charge is 2.37. The van der Waals surface area contributed by atoms with E-state index in [4.69, 9.17) is 4.74 Å². The average Bonchev–Trinajstić information content (AvgIpc) is 2.78. The Hall–Kier alpha value is 0.690. The van der Waals surface area contributed by atoms with Crippen molar-refractivity contribution in [2.75, 3.05) is 4.43 Å². The van der Waals surface area contributed by atoms with E-state index in [0.717, 1.165) is 5.92 Å². The molecule has 2 aliphatic carbocycles. The molecule has 0 aliphatic heterocycles. The van der Waals surface area contributed by atoms with E-state index in [1.165, 1.54) is 62.2 Å². The first-order valence-electron chi connectivity index (χ1n) is 7.02. The summed E-state index contributed by atoms with van der Waals surface area (Å²) in [5, 5.41) is 0. The normalized spacial score (nSPS) is 34.1. The van der Waals surface area contributed by atoms with Gasteiger partial charge in [-0.25, -0.2) is 0 Å². The van der Waals surface area contributed by atoms with Crippen molar-refractivity contribution in [3.63, 3.8) is 0 Å². The third kappa shape index (κ3) is 3.12. The maximum atomic E-state index is 6.51. The van der Waals surface area contributed by atoms with Gasteiger partial charge in [0.1, 0.15) is 0 Å². The number of halogens is 1. The zero-order valence-electron chi connectivity index (χ0n) is 10.5. The number of alkyl halides is 1. The molecule has 0 N–H and O–H groups in total. The highest BCUT2D eigenvalue weighted by Crippen LogP contribution is 2.39. The molecule has 0 radical (unpaired) electrons. The molecule has 0 amide bonds. The SMILES string of the molecule is CCC1CCCC(OC2(CI)CCCC2)C1. The molecule has 16 heavy (non-hydrogen) atoms. The lowest BCUT2D eigenvalue weighted by Crippen LogP contribution is -2.37. The Morgan fingerprint density at radius 3 is 2.56 bits per heavy atom. The van der Waals surface area contributed by atoms with Crippen molar-refractivity contribution >= 4 is 22.6 Å². The van der Waals surface area contributed by atoms with Crippen LogP contribution in [0.4, 0.5) is 0 Å². The Labute approximate surface area is 114 Å². The van der Waals surface area contributed by atoms with Gasteiger partial charge in [-0.1, -0.05) is 61.6 Å². The second-order valence-electron chi connectivity index (χ2n) is 5.70. The van der Waals surface area contributed by atoms with Crippen molar-refractivity contribution in [2.45, 2.75) is 76.4 Å². The first kappa shape index (κ1) is 13.1. The molecule has 2 atom stereocenters. The molecule has 2 saturated carbocycles. The van der Waals surface area contributed by atoms with Crippen molar-refractivity contribution in [2.24, 2.45) is 5.92 Å². The summed E-state index contributed by atoms with van der Waals surface area (Å²) in [7, 11) is 0. The predicted molar refractivity (Wildman–Crippen MR) is 77.2 cm³/mol. The summed E-state index contributed by atoms with van der Waals surface area (Å²) in [5.41, 5.74) is 0.265. The van der Waals surface area contributed by atoms with Gasteiger partial charge in [0, 0.05) is 4.43 Å². The van der Waals surface area contributed by atoms with Crippen LogP contribution < -0.4 is 0 Å². The maximum absolute atomic E-state index is 6.51. The first-order chi connectivity index (χ1) is 7.78. The molecule has 2 fully saturated rings. The zero-order valence-corrected chi connectivity index (χ0v) is 12.7. The molecule has 0 saturated heterocycles. The number of hydrogen-bond acceptors (Lipinski definition) is 1. The minimum absolute atomic E-state index is 0.265. The van der Waals surface area contributed by atoms with Gasteiger partial charge in [-0.3, -0.25) is 0 Å². The number of hydrogen-bond donors (Lipinski definition) is 0. The van der Waals surface area contributed by atoms with Gasteiger partial charge < -0.3 is 4.74 Å². The minimum atomic E-state index is 0.265. The molecule has 94 valence electrons. The van der Waals surface area contributed by atoms with Gasteiger partial charge >= 0.3 is 0 Å². The summed E-state index contributed by atoms with van der Waals surface area (Å²) in [4.78, 5) is 0. The smallest absolute Gasteiger partial charge is 0.0775 e. The van der Waals surface area contributed by atoms with E-state index >= 15 is 0 Å². The van der Waals surface area contributed by atoms with Gasteiger partial charge in [0.2, 0.25) is 0 Å². The summed E-state index contributed by atoms with van der Waals surface area (Å²) >= 11 is 2.53. The van der Waals surface area contributed by atoms with Crippen LogP contribution in [0.2, 0.25) is 0 Å². The van der Waals surface area contributed by atoms with Gasteiger partial charge in [-0.15, -0.1) is 0 Å². The van der Waals surface area contributed by atoms with Crippen molar-refractivity contribution in [3.8, 4) is 0 Å². The largest absolute Gasteiger partial charge is 0.371 e. The molecule has 0 heterocycles. The quantitative estimate of drug-likeness (QED) is 0.533. The van der Waals surface area contributed by atoms with Crippen LogP contribution in [0.25, 0.3) is 0 Å². The topological polar surface area (TPSA) is 9.23 Å². The van der Waals surface area contributed by atoms with Gasteiger partial charge in [-0.2, -0.15) is 0 Å². The fourth-order valence-corrected chi connectivity index (χ4v) is 4.32. The fourth-order valence-electron chi connectivity index (χ4n) is 3.38. The van der Waals surface area contributed by atoms with Crippen LogP contribution >= 0.6 is 22.6 Å². The van der Waals surface area contributed by atoms with Crippen molar-refractivity contribution in [1.82, 2.24) is 0 Å². The van der Waals surface area contributed by atoms with Gasteiger partial charge in [0.25, 0.3) is 0 Å². The molecule has 0 spiro atoms. The number of ether oxygens (including phenoxy) is 1. The van der Waals surface area contributed by atoms with Crippen LogP contribution in [-0.4, -0.2) is 16.1 Å². The summed E-state index contributed by atoms with van der Waals surface area (Å²) in [5.74, 6) is 0.936. The molecule has 0 aromatic heterocycles. The molecule has 0 aromatic rings. The van der Waals surface area contributed by atoms with E-state index < -0.39 is 0 Å². The second kappa shape index (κ2) is 6.03. The second-order valence-corrected chi connectivity index (χ2v) is 6.47. The van der Waals surface area contributed by atoms with E-state index in [2.05, 4.69) is 29.5 Å². The van der Waals surface area contributed by atoms with Crippen molar-refractivity contribution in [1.29, 1.82) is 0 Å². The van der Waals surface area contributed by atoms with Gasteiger partial charge in [0.15, 0.2) is 0 Å². The van der Waals surface area contributed by atoms with Gasteiger partial charge in [0.05, 0.1) is 11.7 Å². The highest BCUT2D eigenvalue weighted by atomic mass is 127. The molecule has 0 bridgehead atoms. The lowest BCUT2D eigenvalue weighted by atomic mass is 9.85. The van der Waals surface area contributed by atoms with Gasteiger partial charge in [-0.05, 0) is 31.6 Å². The Morgan fingerprint density at radius 2 is 1.94 bits per heavy atom. The fraction of sp³-hybridized carbons (Fsp3) is 1.00. The molecule has 2 rings (SSSR count). The third-order valence-electron chi connectivity index (χ3n) is 4.49. The monoisotopic (exact) mass is 336 g/mol. The van der Waals surface area contributed by atoms with Crippen LogP contribution in [0.5, 0.6) is 0 Å². The summed E-state index contributed by atoms with van der Waals surface area (Å²) < 4.78 is 7.71. The van der Waals surface area contributed by atoms with E-state index in [1.54, 1.807) is 0 Å². The van der Waals surface area contributed by atoms with Crippen LogP contribution in [0.3, 0.4) is 0 Å². The van der Waals surface area contributed by atoms with E-state index in [1.807, 2.05) is 0 Å². The minimum Gasteiger partial charge on any atom is -0.371 e. The van der Waals surface area contributed by atoms with E-state index in [-0.39, 0.29) is 5.60 Å². The van der Waals surface area contributed by atoms with Crippen LogP contribution in [-0.2, 0) is 4.74 Å². The predicted octanol–water partition coefficient (Wildman–Crippen LogP) is 4.72. The molecule has 2 aliphatic rings. The lowest BCUT2D eigenvalue weighted by Gasteiger charge is -2.36. The van der Waals surface area contributed by atoms with Crippen LogP contribution in [0.15, 0.2) is 0 Å². The van der Waals surface area contributed by atoms with E-state index in [9.17, 15) is 0 Å². The summed E-state index contributed by atoms with van der Waals surface area (Å²) in [6.07, 6.45) is 12.8. The Balaban J connectivity index is 1.87. The average molecular weight is 336 g/mol. The maximum Gasteiger partial charge on any atom is 0.0775 e. The summed E-state index contributed by atoms with van der Waals surface area (Å²) in [6.45, 7) is 2.33. The first-order valence-corrected chi connectivity index (χ1v) is 8.54. The Bertz CT molecular complexity index is 211. The lowest BCUT2D eigenvalue weighted by molar-refractivity contribution is -0.0935. The van der Waals surface area contributed by atoms with Crippen LogP contribution in [0.1, 0.15) is 64.7 Å². The molecule has 2 heteroatoms. The van der Waals surface area contributed by atoms with Crippen molar-refractivity contribution in [3.05, 3.63) is 0 Å². The molecular weight excluding hydrogens is 311 g/mol. The molecule has 2 unspecified atom stereocenters. The third-order valence-corrected chi connectivity index (χ3v) is 5.88. The van der Waals surface area contributed by atoms with Crippen LogP contribution in [0, 0.1) is 5.92 Å². The van der Waals surface area contributed by atoms with Crippen molar-refractivity contribution < 1.29 is 4.74 Å². The molecule has 1 nitrogen and oxygen atoms in total. The van der Waals surface area contributed by atoms with E-state index in [0.29, 0.717) is 6.10 Å². The molecular formula is C14H25IO. The Morgan fingerprint density at radius 1 is 1.19 bits per heavy atom. The number of rotatable bonds is 4. The Kier molecular flexibility index (Phi) is 4.95. The summed E-state index contributed by atoms with van der Waals surface area (Å²) in [6, 6.07) is 0.